The van der Waals surface area contributed by atoms with Crippen molar-refractivity contribution in [2.75, 3.05) is 25.5 Å². The van der Waals surface area contributed by atoms with Gasteiger partial charge in [-0.25, -0.2) is 14.8 Å². The van der Waals surface area contributed by atoms with Gasteiger partial charge in [0.05, 0.1) is 36.7 Å². The number of aliphatic imine (C=N–C) groups is 1. The number of carbonyl (C=O) groups is 1. The summed E-state index contributed by atoms with van der Waals surface area (Å²) >= 11 is 0. The first-order chi connectivity index (χ1) is 10.9. The maximum absolute atomic E-state index is 11.6. The summed E-state index contributed by atoms with van der Waals surface area (Å²) in [5.74, 6) is -1.49. The number of nitroso groups, excluding NO2 is 1. The number of nitrogens with zero attached hydrogens (tertiary/aromatic N) is 4. The van der Waals surface area contributed by atoms with E-state index in [0.29, 0.717) is 5.69 Å². The molecule has 2 rings (SSSR count). The molecule has 1 aromatic heterocycles. The number of hydrogen-bond acceptors (Lipinski definition) is 8. The summed E-state index contributed by atoms with van der Waals surface area (Å²) < 4.78 is 5.40. The molecule has 0 bridgehead atoms. The number of nitrogens with two attached hydrogens (primary N) is 1. The molecular formula is C12H16N6O5. The van der Waals surface area contributed by atoms with E-state index in [1.54, 1.807) is 0 Å². The molecule has 11 heteroatoms. The number of H-pyrrole nitrogens is 1. The Morgan fingerprint density at radius 2 is 2.39 bits per heavy atom. The number of aliphatic carboxylic acids is 1. The summed E-state index contributed by atoms with van der Waals surface area (Å²) in [4.78, 5) is 43.4. The van der Waals surface area contributed by atoms with Crippen LogP contribution in [0.2, 0.25) is 0 Å². The minimum absolute atomic E-state index is 0.00383. The molecule has 0 amide bonds. The third-order valence-corrected chi connectivity index (χ3v) is 3.35. The van der Waals surface area contributed by atoms with Crippen molar-refractivity contribution in [3.63, 3.8) is 0 Å². The number of aromatic nitrogens is 2. The first-order valence-corrected chi connectivity index (χ1v) is 6.78. The molecule has 1 aliphatic heterocycles. The van der Waals surface area contributed by atoms with Crippen LogP contribution >= 0.6 is 0 Å². The molecule has 1 unspecified atom stereocenters. The van der Waals surface area contributed by atoms with Crippen LogP contribution in [0.25, 0.3) is 0 Å². The molecular weight excluding hydrogens is 308 g/mol. The lowest BCUT2D eigenvalue weighted by Crippen LogP contribution is -2.37. The average molecular weight is 324 g/mol. The van der Waals surface area contributed by atoms with Gasteiger partial charge in [0, 0.05) is 6.21 Å². The van der Waals surface area contributed by atoms with E-state index in [9.17, 15) is 14.5 Å². The van der Waals surface area contributed by atoms with E-state index in [4.69, 9.17) is 15.6 Å². The Balaban J connectivity index is 1.88. The van der Waals surface area contributed by atoms with Crippen LogP contribution in [0.1, 0.15) is 18.5 Å². The number of fused-ring (bicyclic) bond motifs is 1. The van der Waals surface area contributed by atoms with Crippen molar-refractivity contribution in [2.24, 2.45) is 10.3 Å². The fraction of sp³-hybridized carbons (Fsp3) is 0.500. The quantitative estimate of drug-likeness (QED) is 0.331. The van der Waals surface area contributed by atoms with Crippen LogP contribution in [-0.4, -0.2) is 58.1 Å². The monoisotopic (exact) mass is 324 g/mol. The fourth-order valence-corrected chi connectivity index (χ4v) is 2.04. The van der Waals surface area contributed by atoms with Crippen LogP contribution in [0.15, 0.2) is 15.1 Å². The second-order valence-corrected chi connectivity index (χ2v) is 4.90. The van der Waals surface area contributed by atoms with E-state index < -0.39 is 17.6 Å². The number of nitrogens with one attached hydrogen (secondary N) is 1. The molecule has 11 nitrogen and oxygen atoms in total. The maximum atomic E-state index is 11.6. The lowest BCUT2D eigenvalue weighted by Gasteiger charge is -2.19. The van der Waals surface area contributed by atoms with Crippen molar-refractivity contribution in [2.45, 2.75) is 18.9 Å². The number of rotatable bonds is 8. The summed E-state index contributed by atoms with van der Waals surface area (Å²) in [5, 5.41) is 12.4. The largest absolute Gasteiger partial charge is 0.480 e. The van der Waals surface area contributed by atoms with Gasteiger partial charge in [0.2, 0.25) is 5.95 Å². The van der Waals surface area contributed by atoms with Crippen LogP contribution in [0.5, 0.6) is 0 Å². The SMILES string of the molecule is C[C@@H](C(=O)O)N(CCOCC1C=Nc2c1nc(N)[nH]c2=O)N=O. The van der Waals surface area contributed by atoms with E-state index in [1.807, 2.05) is 0 Å². The Bertz CT molecular complexity index is 687. The number of ether oxygens (including phenoxy) is 1. The molecule has 23 heavy (non-hydrogen) atoms. The first-order valence-electron chi connectivity index (χ1n) is 6.78. The molecule has 0 radical (unpaired) electrons. The standard InChI is InChI=1S/C12H16N6O5/c1-6(11(20)21)18(17-22)2-3-23-5-7-4-14-9-8(7)15-12(13)16-10(9)19/h4,6-7H,2-3,5H2,1H3,(H,20,21)(H3,13,15,16,19)/t6-,7?/m0/s1. The Kier molecular flexibility index (Phi) is 5.01. The third-order valence-electron chi connectivity index (χ3n) is 3.35. The second kappa shape index (κ2) is 6.96. The molecule has 124 valence electrons. The molecule has 0 saturated carbocycles. The maximum Gasteiger partial charge on any atom is 0.327 e. The molecule has 0 saturated heterocycles. The minimum Gasteiger partial charge on any atom is -0.480 e. The summed E-state index contributed by atoms with van der Waals surface area (Å²) in [6.45, 7) is 1.63. The van der Waals surface area contributed by atoms with Gasteiger partial charge in [-0.1, -0.05) is 0 Å². The summed E-state index contributed by atoms with van der Waals surface area (Å²) in [6, 6.07) is -1.04. The molecule has 1 aliphatic rings. The van der Waals surface area contributed by atoms with Crippen LogP contribution in [0.4, 0.5) is 11.6 Å². The molecule has 2 heterocycles. The normalized spacial score (nSPS) is 16.8. The van der Waals surface area contributed by atoms with Crippen molar-refractivity contribution in [3.8, 4) is 0 Å². The van der Waals surface area contributed by atoms with Crippen LogP contribution < -0.4 is 11.3 Å². The van der Waals surface area contributed by atoms with Crippen molar-refractivity contribution in [1.29, 1.82) is 0 Å². The Morgan fingerprint density at radius 1 is 1.65 bits per heavy atom. The van der Waals surface area contributed by atoms with E-state index >= 15 is 0 Å². The van der Waals surface area contributed by atoms with E-state index in [2.05, 4.69) is 20.2 Å². The Labute approximate surface area is 130 Å². The van der Waals surface area contributed by atoms with E-state index in [-0.39, 0.29) is 37.3 Å². The molecule has 0 aliphatic carbocycles. The highest BCUT2D eigenvalue weighted by molar-refractivity contribution is 5.79. The van der Waals surface area contributed by atoms with Crippen LogP contribution in [-0.2, 0) is 9.53 Å². The number of anilines is 1. The number of carboxylic acid groups (broad SMARTS) is 1. The minimum atomic E-state index is -1.15. The second-order valence-electron chi connectivity index (χ2n) is 4.90. The third kappa shape index (κ3) is 3.69. The highest BCUT2D eigenvalue weighted by atomic mass is 16.5. The average Bonchev–Trinajstić information content (AvgIpc) is 2.90. The van der Waals surface area contributed by atoms with Gasteiger partial charge < -0.3 is 15.6 Å². The van der Waals surface area contributed by atoms with Gasteiger partial charge in [-0.3, -0.25) is 14.8 Å². The predicted molar refractivity (Wildman–Crippen MR) is 80.6 cm³/mol. The number of nitrogen functional groups attached to an aromatic ring is 1. The first kappa shape index (κ1) is 16.5. The lowest BCUT2D eigenvalue weighted by molar-refractivity contribution is -0.142. The zero-order valence-electron chi connectivity index (χ0n) is 12.3. The van der Waals surface area contributed by atoms with Gasteiger partial charge in [0.15, 0.2) is 5.69 Å². The topological polar surface area (TPSA) is 163 Å². The summed E-state index contributed by atoms with van der Waals surface area (Å²) in [5.41, 5.74) is 5.70. The number of hydrogen-bond donors (Lipinski definition) is 3. The molecule has 1 aromatic rings. The lowest BCUT2D eigenvalue weighted by atomic mass is 10.1. The van der Waals surface area contributed by atoms with Gasteiger partial charge in [0.25, 0.3) is 5.56 Å². The highest BCUT2D eigenvalue weighted by Gasteiger charge is 2.24. The predicted octanol–water partition coefficient (Wildman–Crippen LogP) is -0.375. The Hall–Kier alpha value is -2.82. The van der Waals surface area contributed by atoms with Gasteiger partial charge in [-0.2, -0.15) is 0 Å². The zero-order chi connectivity index (χ0) is 17.0. The van der Waals surface area contributed by atoms with Crippen molar-refractivity contribution in [1.82, 2.24) is 15.0 Å². The van der Waals surface area contributed by atoms with Crippen LogP contribution in [0.3, 0.4) is 0 Å². The molecule has 0 fully saturated rings. The van der Waals surface area contributed by atoms with E-state index in [0.717, 1.165) is 5.01 Å². The van der Waals surface area contributed by atoms with E-state index in [1.165, 1.54) is 13.1 Å². The van der Waals surface area contributed by atoms with Crippen molar-refractivity contribution < 1.29 is 14.6 Å². The molecule has 4 N–H and O–H groups in total. The van der Waals surface area contributed by atoms with Gasteiger partial charge in [0.1, 0.15) is 6.04 Å². The van der Waals surface area contributed by atoms with Gasteiger partial charge >= 0.3 is 5.97 Å². The van der Waals surface area contributed by atoms with Crippen LogP contribution in [0, 0.1) is 4.91 Å². The van der Waals surface area contributed by atoms with Gasteiger partial charge in [-0.05, 0) is 6.92 Å². The smallest absolute Gasteiger partial charge is 0.327 e. The molecule has 2 atom stereocenters. The molecule has 0 aromatic carbocycles. The highest BCUT2D eigenvalue weighted by Crippen LogP contribution is 2.27. The summed E-state index contributed by atoms with van der Waals surface area (Å²) in [7, 11) is 0. The zero-order valence-corrected chi connectivity index (χ0v) is 12.3. The van der Waals surface area contributed by atoms with Gasteiger partial charge in [-0.15, -0.1) is 4.91 Å². The Morgan fingerprint density at radius 3 is 3.04 bits per heavy atom. The van der Waals surface area contributed by atoms with Crippen molar-refractivity contribution >= 4 is 23.8 Å². The number of aromatic amines is 1. The fourth-order valence-electron chi connectivity index (χ4n) is 2.04. The summed E-state index contributed by atoms with van der Waals surface area (Å²) in [6.07, 6.45) is 1.53. The number of carboxylic acids is 1. The van der Waals surface area contributed by atoms with Crippen molar-refractivity contribution in [3.05, 3.63) is 21.0 Å². The molecule has 0 spiro atoms.